The molecule has 1 aliphatic carbocycles. The quantitative estimate of drug-likeness (QED) is 0.608. The molecule has 7 nitrogen and oxygen atoms in total. The van der Waals surface area contributed by atoms with Crippen LogP contribution in [0.15, 0.2) is 24.3 Å². The number of nitrogens with zero attached hydrogens (tertiary/aromatic N) is 1. The zero-order valence-electron chi connectivity index (χ0n) is 11.1. The zero-order chi connectivity index (χ0) is 14.3. The van der Waals surface area contributed by atoms with Crippen LogP contribution in [0.25, 0.3) is 0 Å². The second kappa shape index (κ2) is 5.88. The summed E-state index contributed by atoms with van der Waals surface area (Å²) in [6, 6.07) is 5.65. The summed E-state index contributed by atoms with van der Waals surface area (Å²) < 4.78 is 26.8. The summed E-state index contributed by atoms with van der Waals surface area (Å²) in [4.78, 5) is 10.0. The van der Waals surface area contributed by atoms with Gasteiger partial charge in [-0.25, -0.2) is 13.1 Å². The van der Waals surface area contributed by atoms with Crippen molar-refractivity contribution in [2.45, 2.75) is 11.8 Å². The van der Waals surface area contributed by atoms with Crippen molar-refractivity contribution in [1.82, 2.24) is 10.0 Å². The minimum atomic E-state index is -3.39. The number of sulfonamides is 1. The summed E-state index contributed by atoms with van der Waals surface area (Å²) in [5, 5.41) is 13.7. The maximum absolute atomic E-state index is 12.0. The second-order valence-corrected chi connectivity index (χ2v) is 7.07. The number of benzene rings is 1. The van der Waals surface area contributed by atoms with E-state index in [2.05, 4.69) is 10.0 Å². The summed E-state index contributed by atoms with van der Waals surface area (Å²) in [5.74, 6) is 0.692. The van der Waals surface area contributed by atoms with Gasteiger partial charge in [0.2, 0.25) is 10.0 Å². The molecule has 1 aromatic carbocycles. The molecule has 116 valence electrons. The van der Waals surface area contributed by atoms with Crippen LogP contribution in [0.5, 0.6) is 0 Å². The Kier molecular flexibility index (Phi) is 4.52. The van der Waals surface area contributed by atoms with Crippen LogP contribution in [-0.2, 0) is 15.8 Å². The van der Waals surface area contributed by atoms with Crippen LogP contribution < -0.4 is 10.0 Å². The Balaban J connectivity index is 0.00000161. The van der Waals surface area contributed by atoms with Gasteiger partial charge in [0.1, 0.15) is 0 Å². The predicted molar refractivity (Wildman–Crippen MR) is 79.7 cm³/mol. The van der Waals surface area contributed by atoms with E-state index in [1.165, 1.54) is 24.3 Å². The molecule has 2 aliphatic rings. The van der Waals surface area contributed by atoms with Gasteiger partial charge in [0.15, 0.2) is 0 Å². The molecule has 1 aliphatic heterocycles. The van der Waals surface area contributed by atoms with Crippen LogP contribution in [0.2, 0.25) is 0 Å². The van der Waals surface area contributed by atoms with Gasteiger partial charge in [0.05, 0.1) is 10.7 Å². The Bertz CT molecular complexity index is 624. The lowest BCUT2D eigenvalue weighted by molar-refractivity contribution is -0.384. The fraction of sp³-hybridized carbons (Fsp3) is 0.500. The minimum absolute atomic E-state index is 0. The lowest BCUT2D eigenvalue weighted by atomic mass is 10.2. The Labute approximate surface area is 128 Å². The number of nitrogens with one attached hydrogen (secondary N) is 2. The maximum Gasteiger partial charge on any atom is 0.269 e. The molecule has 0 bridgehead atoms. The molecule has 0 amide bonds. The number of nitro groups is 1. The van der Waals surface area contributed by atoms with E-state index in [0.717, 1.165) is 13.1 Å². The topological polar surface area (TPSA) is 101 Å². The molecule has 2 fully saturated rings. The van der Waals surface area contributed by atoms with Gasteiger partial charge in [0, 0.05) is 18.2 Å². The molecule has 0 radical (unpaired) electrons. The molecule has 1 heterocycles. The summed E-state index contributed by atoms with van der Waals surface area (Å²) in [5.41, 5.74) is 0.508. The van der Waals surface area contributed by atoms with E-state index < -0.39 is 14.9 Å². The van der Waals surface area contributed by atoms with Crippen LogP contribution in [0.1, 0.15) is 5.56 Å². The van der Waals surface area contributed by atoms with Gasteiger partial charge in [-0.05, 0) is 30.5 Å². The fourth-order valence-electron chi connectivity index (χ4n) is 2.78. The monoisotopic (exact) mass is 333 g/mol. The molecule has 2 N–H and O–H groups in total. The number of halogens is 1. The summed E-state index contributed by atoms with van der Waals surface area (Å²) in [6.45, 7) is 1.74. The van der Waals surface area contributed by atoms with Crippen molar-refractivity contribution < 1.29 is 13.3 Å². The molecule has 3 rings (SSSR count). The number of rotatable bonds is 5. The summed E-state index contributed by atoms with van der Waals surface area (Å²) in [6.07, 6.45) is 0. The molecule has 0 aromatic heterocycles. The molecule has 21 heavy (non-hydrogen) atoms. The van der Waals surface area contributed by atoms with Gasteiger partial charge < -0.3 is 5.32 Å². The molecule has 2 unspecified atom stereocenters. The highest BCUT2D eigenvalue weighted by molar-refractivity contribution is 7.88. The standard InChI is InChI=1S/C12H15N3O4S.ClH/c16-15(17)9-3-1-8(2-4-9)7-20(18,19)14-12-10-5-13-6-11(10)12;/h1-4,10-14H,5-7H2;1H. The number of non-ortho nitro benzene ring substituents is 1. The normalized spacial score (nSPS) is 26.8. The van der Waals surface area contributed by atoms with Crippen molar-refractivity contribution in [2.24, 2.45) is 11.8 Å². The van der Waals surface area contributed by atoms with Gasteiger partial charge in [-0.2, -0.15) is 0 Å². The van der Waals surface area contributed by atoms with E-state index in [1.807, 2.05) is 0 Å². The molecule has 1 aromatic rings. The fourth-order valence-corrected chi connectivity index (χ4v) is 4.25. The van der Waals surface area contributed by atoms with Crippen molar-refractivity contribution >= 4 is 28.1 Å². The van der Waals surface area contributed by atoms with Crippen LogP contribution in [0.4, 0.5) is 5.69 Å². The van der Waals surface area contributed by atoms with Gasteiger partial charge >= 0.3 is 0 Å². The number of hydrogen-bond acceptors (Lipinski definition) is 5. The number of piperidine rings is 1. The van der Waals surface area contributed by atoms with Crippen molar-refractivity contribution in [3.05, 3.63) is 39.9 Å². The van der Waals surface area contributed by atoms with Gasteiger partial charge in [-0.15, -0.1) is 12.4 Å². The summed E-state index contributed by atoms with van der Waals surface area (Å²) in [7, 11) is -3.39. The minimum Gasteiger partial charge on any atom is -0.316 e. The average molecular weight is 334 g/mol. The number of nitro benzene ring substituents is 1. The molecule has 9 heteroatoms. The van der Waals surface area contributed by atoms with Crippen LogP contribution >= 0.6 is 12.4 Å². The van der Waals surface area contributed by atoms with Crippen molar-refractivity contribution in [2.75, 3.05) is 13.1 Å². The second-order valence-electron chi connectivity index (χ2n) is 5.31. The van der Waals surface area contributed by atoms with Gasteiger partial charge in [-0.3, -0.25) is 10.1 Å². The smallest absolute Gasteiger partial charge is 0.269 e. The number of hydrogen-bond donors (Lipinski definition) is 2. The largest absolute Gasteiger partial charge is 0.316 e. The van der Waals surface area contributed by atoms with E-state index in [0.29, 0.717) is 17.4 Å². The predicted octanol–water partition coefficient (Wildman–Crippen LogP) is 0.654. The Morgan fingerprint density at radius 2 is 1.81 bits per heavy atom. The zero-order valence-corrected chi connectivity index (χ0v) is 12.7. The van der Waals surface area contributed by atoms with Crippen LogP contribution in [0, 0.1) is 22.0 Å². The van der Waals surface area contributed by atoms with Crippen LogP contribution in [0.3, 0.4) is 0 Å². The van der Waals surface area contributed by atoms with Crippen molar-refractivity contribution in [3.8, 4) is 0 Å². The van der Waals surface area contributed by atoms with Crippen molar-refractivity contribution in [3.63, 3.8) is 0 Å². The third kappa shape index (κ3) is 3.52. The average Bonchev–Trinajstić information content (AvgIpc) is 2.83. The first-order valence-corrected chi connectivity index (χ1v) is 8.05. The molecule has 1 saturated heterocycles. The highest BCUT2D eigenvalue weighted by Gasteiger charge is 2.54. The van der Waals surface area contributed by atoms with E-state index in [-0.39, 0.29) is 29.9 Å². The number of fused-ring (bicyclic) bond motifs is 1. The van der Waals surface area contributed by atoms with E-state index >= 15 is 0 Å². The molecule has 0 spiro atoms. The third-order valence-corrected chi connectivity index (χ3v) is 5.26. The van der Waals surface area contributed by atoms with E-state index in [9.17, 15) is 18.5 Å². The first-order chi connectivity index (χ1) is 9.46. The van der Waals surface area contributed by atoms with E-state index in [4.69, 9.17) is 0 Å². The SMILES string of the molecule is Cl.O=[N+]([O-])c1ccc(CS(=O)(=O)NC2C3CNCC32)cc1. The van der Waals surface area contributed by atoms with E-state index in [1.54, 1.807) is 0 Å². The van der Waals surface area contributed by atoms with Crippen LogP contribution in [-0.4, -0.2) is 32.5 Å². The molecule has 2 atom stereocenters. The summed E-state index contributed by atoms with van der Waals surface area (Å²) >= 11 is 0. The first-order valence-electron chi connectivity index (χ1n) is 6.40. The Hall–Kier alpha value is -1.22. The van der Waals surface area contributed by atoms with Gasteiger partial charge in [-0.1, -0.05) is 12.1 Å². The lowest BCUT2D eigenvalue weighted by Gasteiger charge is -2.08. The highest BCUT2D eigenvalue weighted by Crippen LogP contribution is 2.42. The lowest BCUT2D eigenvalue weighted by Crippen LogP contribution is -2.33. The molecular formula is C12H16ClN3O4S. The first kappa shape index (κ1) is 16.2. The maximum atomic E-state index is 12.0. The third-order valence-electron chi connectivity index (χ3n) is 3.91. The Morgan fingerprint density at radius 3 is 2.33 bits per heavy atom. The van der Waals surface area contributed by atoms with Crippen molar-refractivity contribution in [1.29, 1.82) is 0 Å². The molecule has 1 saturated carbocycles. The highest BCUT2D eigenvalue weighted by atomic mass is 35.5. The van der Waals surface area contributed by atoms with Gasteiger partial charge in [0.25, 0.3) is 5.69 Å². The molecular weight excluding hydrogens is 318 g/mol. The Morgan fingerprint density at radius 1 is 1.24 bits per heavy atom.